The Bertz CT molecular complexity index is 515. The van der Waals surface area contributed by atoms with Gasteiger partial charge in [-0.25, -0.2) is 0 Å². The zero-order valence-electron chi connectivity index (χ0n) is 16.5. The van der Waals surface area contributed by atoms with Crippen molar-refractivity contribution in [2.24, 2.45) is 0 Å². The first-order chi connectivity index (χ1) is 12.1. The van der Waals surface area contributed by atoms with Crippen LogP contribution in [-0.4, -0.2) is 13.4 Å². The van der Waals surface area contributed by atoms with Crippen LogP contribution in [0.25, 0.3) is 0 Å². The molecule has 1 atom stereocenters. The highest BCUT2D eigenvalue weighted by molar-refractivity contribution is 7.45. The molecule has 1 aromatic rings. The molecule has 0 saturated heterocycles. The molecule has 1 aromatic carbocycles. The summed E-state index contributed by atoms with van der Waals surface area (Å²) in [6.07, 6.45) is 8.36. The largest absolute Gasteiger partial charge is 0.251 e. The fraction of sp³-hybridized carbons (Fsp3) is 0.700. The predicted octanol–water partition coefficient (Wildman–Crippen LogP) is 9.16. The maximum Gasteiger partial charge on any atom is 0.251 e. The van der Waals surface area contributed by atoms with Crippen molar-refractivity contribution in [2.75, 3.05) is 0 Å². The van der Waals surface area contributed by atoms with E-state index >= 15 is 0 Å². The fourth-order valence-electron chi connectivity index (χ4n) is 3.52. The van der Waals surface area contributed by atoms with Gasteiger partial charge in [0.2, 0.25) is 6.69 Å². The Hall–Kier alpha value is 0.814. The summed E-state index contributed by atoms with van der Waals surface area (Å²) in [5, 5.41) is 0. The van der Waals surface area contributed by atoms with Gasteiger partial charge in [-0.15, -0.1) is 44.3 Å². The molecule has 0 heterocycles. The summed E-state index contributed by atoms with van der Waals surface area (Å²) in [7, 11) is 0. The van der Waals surface area contributed by atoms with Gasteiger partial charge in [0.05, 0.1) is 0 Å². The van der Waals surface area contributed by atoms with Gasteiger partial charge in [-0.1, -0.05) is 76.6 Å². The number of benzene rings is 1. The minimum Gasteiger partial charge on any atom is -0.146 e. The van der Waals surface area contributed by atoms with Gasteiger partial charge in [-0.3, -0.25) is 0 Å². The van der Waals surface area contributed by atoms with E-state index < -0.39 is 13.4 Å². The lowest BCUT2D eigenvalue weighted by molar-refractivity contribution is 0.621. The lowest BCUT2D eigenvalue weighted by atomic mass is 9.96. The van der Waals surface area contributed by atoms with Crippen LogP contribution in [0.2, 0.25) is 24.7 Å². The third-order valence-electron chi connectivity index (χ3n) is 4.98. The second-order valence-corrected chi connectivity index (χ2v) is 23.5. The van der Waals surface area contributed by atoms with Crippen molar-refractivity contribution in [2.45, 2.75) is 89.4 Å². The minimum atomic E-state index is -2.17. The van der Waals surface area contributed by atoms with Crippen molar-refractivity contribution >= 4 is 57.7 Å². The molecule has 1 unspecified atom stereocenters. The lowest BCUT2D eigenvalue weighted by Gasteiger charge is -2.23. The van der Waals surface area contributed by atoms with E-state index in [1.54, 1.807) is 0 Å². The quantitative estimate of drug-likeness (QED) is 0.153. The third kappa shape index (κ3) is 11.0. The van der Waals surface area contributed by atoms with Gasteiger partial charge in [0.1, 0.15) is 0 Å². The predicted molar refractivity (Wildman–Crippen MR) is 127 cm³/mol. The SMILES string of the molecule is CCc1ccccc1C(C)C[Si](Cl)(Cl)CCCCCCCC[Si](C)(Cl)Cl. The molecule has 150 valence electrons. The monoisotopic (exact) mass is 470 g/mol. The smallest absolute Gasteiger partial charge is 0.146 e. The summed E-state index contributed by atoms with van der Waals surface area (Å²) < 4.78 is 0. The van der Waals surface area contributed by atoms with Crippen molar-refractivity contribution < 1.29 is 0 Å². The van der Waals surface area contributed by atoms with E-state index in [0.717, 1.165) is 37.4 Å². The lowest BCUT2D eigenvalue weighted by Crippen LogP contribution is -2.21. The average molecular weight is 472 g/mol. The van der Waals surface area contributed by atoms with E-state index in [-0.39, 0.29) is 0 Å². The molecule has 0 radical (unpaired) electrons. The summed E-state index contributed by atoms with van der Waals surface area (Å²) in [6.45, 7) is 2.42. The Morgan fingerprint density at radius 1 is 0.846 bits per heavy atom. The Kier molecular flexibility index (Phi) is 11.8. The second-order valence-electron chi connectivity index (χ2n) is 7.71. The van der Waals surface area contributed by atoms with Gasteiger partial charge in [-0.2, -0.15) is 0 Å². The Balaban J connectivity index is 2.25. The maximum atomic E-state index is 6.77. The maximum absolute atomic E-state index is 6.77. The van der Waals surface area contributed by atoms with Gasteiger partial charge >= 0.3 is 0 Å². The Labute approximate surface area is 181 Å². The molecule has 0 spiro atoms. The molecule has 0 nitrogen and oxygen atoms in total. The highest BCUT2D eigenvalue weighted by Crippen LogP contribution is 2.36. The summed E-state index contributed by atoms with van der Waals surface area (Å²) in [6, 6.07) is 11.6. The van der Waals surface area contributed by atoms with Gasteiger partial charge in [-0.05, 0) is 48.1 Å². The van der Waals surface area contributed by atoms with E-state index in [2.05, 4.69) is 38.1 Å². The van der Waals surface area contributed by atoms with Crippen LogP contribution >= 0.6 is 44.3 Å². The van der Waals surface area contributed by atoms with Crippen molar-refractivity contribution in [3.05, 3.63) is 35.4 Å². The molecule has 0 aliphatic heterocycles. The summed E-state index contributed by atoms with van der Waals surface area (Å²) in [5.74, 6) is 0.442. The molecular weight excluding hydrogens is 438 g/mol. The van der Waals surface area contributed by atoms with Crippen LogP contribution in [0.15, 0.2) is 24.3 Å². The van der Waals surface area contributed by atoms with Crippen LogP contribution in [0.1, 0.15) is 69.4 Å². The average Bonchev–Trinajstić information content (AvgIpc) is 2.55. The van der Waals surface area contributed by atoms with Crippen molar-refractivity contribution in [3.63, 3.8) is 0 Å². The van der Waals surface area contributed by atoms with E-state index in [9.17, 15) is 0 Å². The molecule has 0 N–H and O–H groups in total. The van der Waals surface area contributed by atoms with Crippen LogP contribution in [0.5, 0.6) is 0 Å². The zero-order valence-corrected chi connectivity index (χ0v) is 21.5. The van der Waals surface area contributed by atoms with E-state index in [4.69, 9.17) is 44.3 Å². The fourth-order valence-corrected chi connectivity index (χ4v) is 9.47. The van der Waals surface area contributed by atoms with Crippen LogP contribution < -0.4 is 0 Å². The van der Waals surface area contributed by atoms with Crippen LogP contribution in [0, 0.1) is 0 Å². The molecule has 0 aliphatic carbocycles. The normalized spacial score (nSPS) is 13.8. The number of aryl methyl sites for hydroxylation is 1. The highest BCUT2D eigenvalue weighted by atomic mass is 35.7. The zero-order chi connectivity index (χ0) is 19.6. The summed E-state index contributed by atoms with van der Waals surface area (Å²) in [5.41, 5.74) is 2.84. The highest BCUT2D eigenvalue weighted by Gasteiger charge is 2.31. The number of hydrogen-bond donors (Lipinski definition) is 0. The number of unbranched alkanes of at least 4 members (excludes halogenated alkanes) is 5. The molecule has 0 bridgehead atoms. The van der Waals surface area contributed by atoms with Crippen LogP contribution in [0.4, 0.5) is 0 Å². The van der Waals surface area contributed by atoms with Gasteiger partial charge in [0.15, 0.2) is 0 Å². The first-order valence-electron chi connectivity index (χ1n) is 9.98. The number of hydrogen-bond acceptors (Lipinski definition) is 0. The summed E-state index contributed by atoms with van der Waals surface area (Å²) in [4.78, 5) is 0. The third-order valence-corrected chi connectivity index (χ3v) is 11.7. The van der Waals surface area contributed by atoms with Gasteiger partial charge in [0, 0.05) is 0 Å². The van der Waals surface area contributed by atoms with Gasteiger partial charge < -0.3 is 0 Å². The molecule has 0 aliphatic rings. The molecular formula is C20H34Cl4Si2. The second kappa shape index (κ2) is 12.4. The molecule has 1 rings (SSSR count). The van der Waals surface area contributed by atoms with E-state index in [1.165, 1.54) is 36.8 Å². The first-order valence-corrected chi connectivity index (χ1v) is 19.1. The minimum absolute atomic E-state index is 0.442. The number of rotatable bonds is 13. The molecule has 0 amide bonds. The molecule has 0 fully saturated rings. The molecule has 26 heavy (non-hydrogen) atoms. The standard InChI is InChI=1S/C20H34Cl4Si2/c1-4-19-13-9-10-14-20(19)18(2)17-26(23,24)16-12-8-6-5-7-11-15-25(3,21)22/h9-10,13-14,18H,4-8,11-12,15-17H2,1-3H3. The Morgan fingerprint density at radius 2 is 1.38 bits per heavy atom. The molecule has 0 saturated carbocycles. The molecule has 6 heteroatoms. The molecule has 0 aromatic heterocycles. The van der Waals surface area contributed by atoms with Crippen molar-refractivity contribution in [1.29, 1.82) is 0 Å². The van der Waals surface area contributed by atoms with E-state index in [1.807, 2.05) is 6.55 Å². The van der Waals surface area contributed by atoms with Crippen molar-refractivity contribution in [1.82, 2.24) is 0 Å². The van der Waals surface area contributed by atoms with Gasteiger partial charge in [0.25, 0.3) is 6.69 Å². The van der Waals surface area contributed by atoms with Crippen LogP contribution in [0.3, 0.4) is 0 Å². The topological polar surface area (TPSA) is 0 Å². The first kappa shape index (κ1) is 24.9. The van der Waals surface area contributed by atoms with Crippen LogP contribution in [-0.2, 0) is 6.42 Å². The summed E-state index contributed by atoms with van der Waals surface area (Å²) >= 11 is 25.8. The van der Waals surface area contributed by atoms with Crippen molar-refractivity contribution in [3.8, 4) is 0 Å². The Morgan fingerprint density at radius 3 is 1.96 bits per heavy atom. The van der Waals surface area contributed by atoms with E-state index in [0.29, 0.717) is 5.92 Å². The number of halogens is 4.